The summed E-state index contributed by atoms with van der Waals surface area (Å²) in [7, 11) is 1.28. The van der Waals surface area contributed by atoms with Gasteiger partial charge in [-0.05, 0) is 29.7 Å². The summed E-state index contributed by atoms with van der Waals surface area (Å²) in [5.74, 6) is -0.309. The van der Waals surface area contributed by atoms with Crippen molar-refractivity contribution in [2.45, 2.75) is 24.9 Å². The predicted octanol–water partition coefficient (Wildman–Crippen LogP) is 5.89. The number of carbonyl (C=O) groups excluding carboxylic acids is 2. The molecule has 0 fully saturated rings. The van der Waals surface area contributed by atoms with Crippen molar-refractivity contribution in [1.29, 1.82) is 0 Å². The Morgan fingerprint density at radius 2 is 1.60 bits per heavy atom. The second kappa shape index (κ2) is 12.0. The van der Waals surface area contributed by atoms with Gasteiger partial charge in [0.25, 0.3) is 0 Å². The Labute approximate surface area is 216 Å². The molecule has 0 aliphatic rings. The maximum Gasteiger partial charge on any atom is 0.407 e. The maximum absolute atomic E-state index is 13.4. The van der Waals surface area contributed by atoms with Crippen molar-refractivity contribution in [3.05, 3.63) is 98.6 Å². The highest BCUT2D eigenvalue weighted by atomic mass is 35.5. The molecule has 2 heterocycles. The van der Waals surface area contributed by atoms with Gasteiger partial charge in [0.05, 0.1) is 28.1 Å². The van der Waals surface area contributed by atoms with Crippen molar-refractivity contribution < 1.29 is 14.3 Å². The van der Waals surface area contributed by atoms with Crippen LogP contribution in [0.4, 0.5) is 4.79 Å². The summed E-state index contributed by atoms with van der Waals surface area (Å²) in [6.45, 7) is 0. The Morgan fingerprint density at radius 1 is 0.943 bits per heavy atom. The lowest BCUT2D eigenvalue weighted by molar-refractivity contribution is -0.123. The van der Waals surface area contributed by atoms with Crippen molar-refractivity contribution in [2.24, 2.45) is 0 Å². The van der Waals surface area contributed by atoms with Crippen molar-refractivity contribution >= 4 is 46.3 Å². The minimum atomic E-state index is -0.807. The van der Waals surface area contributed by atoms with E-state index in [1.165, 1.54) is 29.8 Å². The third-order valence-corrected chi connectivity index (χ3v) is 7.53. The Balaban J connectivity index is 1.58. The molecule has 0 spiro atoms. The Hall–Kier alpha value is -3.20. The Morgan fingerprint density at radius 3 is 2.20 bits per heavy atom. The van der Waals surface area contributed by atoms with Crippen molar-refractivity contribution in [2.75, 3.05) is 7.11 Å². The third kappa shape index (κ3) is 6.91. The lowest BCUT2D eigenvalue weighted by atomic mass is 10.0. The van der Waals surface area contributed by atoms with Gasteiger partial charge < -0.3 is 15.4 Å². The molecule has 2 amide bonds. The van der Waals surface area contributed by atoms with Crippen LogP contribution in [0.1, 0.15) is 22.2 Å². The van der Waals surface area contributed by atoms with E-state index in [0.717, 1.165) is 26.7 Å². The number of ether oxygens (including phenoxy) is 1. The fourth-order valence-corrected chi connectivity index (χ4v) is 5.54. The van der Waals surface area contributed by atoms with Gasteiger partial charge in [0, 0.05) is 11.8 Å². The van der Waals surface area contributed by atoms with Crippen LogP contribution in [0.25, 0.3) is 10.6 Å². The number of hydrogen-bond donors (Lipinski definition) is 2. The molecule has 0 saturated heterocycles. The molecule has 2 atom stereocenters. The molecule has 4 aromatic rings. The van der Waals surface area contributed by atoms with Crippen LogP contribution in [-0.4, -0.2) is 30.1 Å². The first kappa shape index (κ1) is 24.9. The van der Waals surface area contributed by atoms with E-state index in [1.807, 2.05) is 78.2 Å². The first-order valence-electron chi connectivity index (χ1n) is 11.0. The molecule has 2 N–H and O–H groups in total. The second-order valence-electron chi connectivity index (χ2n) is 7.80. The number of amides is 2. The normalized spacial score (nSPS) is 12.5. The van der Waals surface area contributed by atoms with Crippen LogP contribution in [0.3, 0.4) is 0 Å². The molecule has 35 heavy (non-hydrogen) atoms. The van der Waals surface area contributed by atoms with Gasteiger partial charge in [-0.1, -0.05) is 72.3 Å². The number of rotatable bonds is 9. The number of hydrogen-bond acceptors (Lipinski definition) is 6. The SMILES string of the molecule is COC(=O)N[C@@H](Cc1ccccc1)C(=O)N[C@@H](Cc1ccccc1)c1nc(-c2ccc(Cl)s2)cs1. The number of benzene rings is 2. The van der Waals surface area contributed by atoms with E-state index in [1.54, 1.807) is 0 Å². The molecular formula is C26H24ClN3O3S2. The predicted molar refractivity (Wildman–Crippen MR) is 141 cm³/mol. The summed E-state index contributed by atoms with van der Waals surface area (Å²) < 4.78 is 5.45. The number of thiazole rings is 1. The van der Waals surface area contributed by atoms with E-state index in [0.29, 0.717) is 17.2 Å². The molecule has 2 aromatic heterocycles. The van der Waals surface area contributed by atoms with Gasteiger partial charge in [0.2, 0.25) is 5.91 Å². The fourth-order valence-electron chi connectivity index (χ4n) is 3.60. The fraction of sp³-hybridized carbons (Fsp3) is 0.192. The van der Waals surface area contributed by atoms with E-state index in [4.69, 9.17) is 21.3 Å². The molecule has 180 valence electrons. The highest BCUT2D eigenvalue weighted by Gasteiger charge is 2.26. The molecule has 2 aromatic carbocycles. The minimum absolute atomic E-state index is 0.309. The van der Waals surface area contributed by atoms with Gasteiger partial charge >= 0.3 is 6.09 Å². The van der Waals surface area contributed by atoms with E-state index < -0.39 is 12.1 Å². The van der Waals surface area contributed by atoms with Crippen LogP contribution in [0, 0.1) is 0 Å². The highest BCUT2D eigenvalue weighted by molar-refractivity contribution is 7.19. The standard InChI is InChI=1S/C26H24ClN3O3S2/c1-33-26(32)30-19(14-17-8-4-2-5-9-17)24(31)28-20(15-18-10-6-3-7-11-18)25-29-21(16-34-25)22-12-13-23(27)35-22/h2-13,16,19-20H,14-15H2,1H3,(H,28,31)(H,30,32)/t19-,20-/m0/s1. The molecular weight excluding hydrogens is 502 g/mol. The largest absolute Gasteiger partial charge is 0.453 e. The summed E-state index contributed by atoms with van der Waals surface area (Å²) in [6.07, 6.45) is 0.226. The zero-order chi connectivity index (χ0) is 24.6. The smallest absolute Gasteiger partial charge is 0.407 e. The number of nitrogens with one attached hydrogen (secondary N) is 2. The number of aromatic nitrogens is 1. The molecule has 9 heteroatoms. The second-order valence-corrected chi connectivity index (χ2v) is 10.4. The molecule has 0 bridgehead atoms. The first-order valence-corrected chi connectivity index (χ1v) is 13.0. The number of alkyl carbamates (subject to hydrolysis) is 1. The minimum Gasteiger partial charge on any atom is -0.453 e. The highest BCUT2D eigenvalue weighted by Crippen LogP contribution is 2.33. The van der Waals surface area contributed by atoms with E-state index in [2.05, 4.69) is 10.6 Å². The molecule has 6 nitrogen and oxygen atoms in total. The summed E-state index contributed by atoms with van der Waals surface area (Å²) in [4.78, 5) is 31.2. The lowest BCUT2D eigenvalue weighted by Crippen LogP contribution is -2.49. The average Bonchev–Trinajstić information content (AvgIpc) is 3.53. The van der Waals surface area contributed by atoms with Gasteiger partial charge in [0.1, 0.15) is 11.0 Å². The van der Waals surface area contributed by atoms with Gasteiger partial charge in [-0.3, -0.25) is 4.79 Å². The summed E-state index contributed by atoms with van der Waals surface area (Å²) in [6, 6.07) is 22.0. The topological polar surface area (TPSA) is 80.3 Å². The number of carbonyl (C=O) groups is 2. The van der Waals surface area contributed by atoms with E-state index >= 15 is 0 Å². The van der Waals surface area contributed by atoms with Crippen molar-refractivity contribution in [3.8, 4) is 10.6 Å². The Bertz CT molecular complexity index is 1260. The van der Waals surface area contributed by atoms with Gasteiger partial charge in [-0.25, -0.2) is 9.78 Å². The lowest BCUT2D eigenvalue weighted by Gasteiger charge is -2.22. The zero-order valence-electron chi connectivity index (χ0n) is 18.9. The summed E-state index contributed by atoms with van der Waals surface area (Å²) in [5, 5.41) is 8.53. The first-order chi connectivity index (χ1) is 17.0. The molecule has 0 aliphatic carbocycles. The maximum atomic E-state index is 13.4. The number of halogens is 1. The van der Waals surface area contributed by atoms with Gasteiger partial charge in [0.15, 0.2) is 0 Å². The molecule has 4 rings (SSSR count). The van der Waals surface area contributed by atoms with Crippen LogP contribution in [0.5, 0.6) is 0 Å². The van der Waals surface area contributed by atoms with Crippen molar-refractivity contribution in [1.82, 2.24) is 15.6 Å². The Kier molecular flexibility index (Phi) is 8.52. The van der Waals surface area contributed by atoms with Crippen LogP contribution >= 0.6 is 34.3 Å². The molecule has 0 radical (unpaired) electrons. The van der Waals surface area contributed by atoms with E-state index in [9.17, 15) is 9.59 Å². The zero-order valence-corrected chi connectivity index (χ0v) is 21.3. The average molecular weight is 526 g/mol. The van der Waals surface area contributed by atoms with Crippen LogP contribution in [0.2, 0.25) is 4.34 Å². The summed E-state index contributed by atoms with van der Waals surface area (Å²) in [5.41, 5.74) is 2.81. The number of thiophene rings is 1. The number of nitrogens with zero attached hydrogens (tertiary/aromatic N) is 1. The van der Waals surface area contributed by atoms with Gasteiger partial charge in [-0.15, -0.1) is 22.7 Å². The summed E-state index contributed by atoms with van der Waals surface area (Å²) >= 11 is 9.05. The van der Waals surface area contributed by atoms with Crippen LogP contribution in [0.15, 0.2) is 78.2 Å². The van der Waals surface area contributed by atoms with Gasteiger partial charge in [-0.2, -0.15) is 0 Å². The van der Waals surface area contributed by atoms with Crippen molar-refractivity contribution in [3.63, 3.8) is 0 Å². The quantitative estimate of drug-likeness (QED) is 0.285. The number of methoxy groups -OCH3 is 1. The van der Waals surface area contributed by atoms with E-state index in [-0.39, 0.29) is 11.9 Å². The monoisotopic (exact) mass is 525 g/mol. The molecule has 0 aliphatic heterocycles. The van der Waals surface area contributed by atoms with Crippen LogP contribution in [-0.2, 0) is 22.4 Å². The van der Waals surface area contributed by atoms with Crippen LogP contribution < -0.4 is 10.6 Å². The molecule has 0 saturated carbocycles. The molecule has 0 unspecified atom stereocenters. The third-order valence-electron chi connectivity index (χ3n) is 5.32.